The van der Waals surface area contributed by atoms with Crippen LogP contribution < -0.4 is 0 Å². The smallest absolute Gasteiger partial charge is 0.0525 e. The van der Waals surface area contributed by atoms with Crippen LogP contribution in [0.2, 0.25) is 0 Å². The van der Waals surface area contributed by atoms with Crippen LogP contribution in [0.5, 0.6) is 0 Å². The molecule has 0 aliphatic carbocycles. The fourth-order valence-electron chi connectivity index (χ4n) is 0.251. The first kappa shape index (κ1) is 3.40. The lowest BCUT2D eigenvalue weighted by atomic mass is 10.4. The average molecular weight is 79.1 g/mol. The van der Waals surface area contributed by atoms with E-state index in [0.717, 1.165) is 0 Å². The quantitative estimate of drug-likeness (QED) is 0.477. The van der Waals surface area contributed by atoms with Gasteiger partial charge in [0.2, 0.25) is 0 Å². The summed E-state index contributed by atoms with van der Waals surface area (Å²) < 4.78 is 0. The summed E-state index contributed by atoms with van der Waals surface area (Å²) in [6.07, 6.45) is 2.96. The van der Waals surface area contributed by atoms with E-state index in [0.29, 0.717) is 5.56 Å². The van der Waals surface area contributed by atoms with Gasteiger partial charge in [-0.3, -0.25) is 5.10 Å². The van der Waals surface area contributed by atoms with Gasteiger partial charge in [-0.15, -0.1) is 0 Å². The van der Waals surface area contributed by atoms with E-state index >= 15 is 0 Å². The molecule has 6 heavy (non-hydrogen) atoms. The Morgan fingerprint density at radius 1 is 1.83 bits per heavy atom. The number of nitrogens with zero attached hydrogens (tertiary/aromatic N) is 1. The van der Waals surface area contributed by atoms with Crippen LogP contribution in [0.1, 0.15) is 5.56 Å². The Balaban J connectivity index is 3.05. The Morgan fingerprint density at radius 3 is 2.83 bits per heavy atom. The summed E-state index contributed by atoms with van der Waals surface area (Å²) in [7, 11) is 0. The number of rotatable bonds is 0. The van der Waals surface area contributed by atoms with Gasteiger partial charge in [0, 0.05) is 13.1 Å². The molecule has 1 heterocycles. The number of H-pyrrole nitrogens is 1. The summed E-state index contributed by atoms with van der Waals surface area (Å²) >= 11 is 0. The average Bonchev–Trinajstić information content (AvgIpc) is 1.86. The molecule has 0 aromatic carbocycles. The molecule has 1 aromatic heterocycles. The molecule has 1 rings (SSSR count). The summed E-state index contributed by atoms with van der Waals surface area (Å²) in [6, 6.07) is 0. The number of hydrogen-bond donors (Lipinski definition) is 1. The maximum absolute atomic E-state index is 6.78. The van der Waals surface area contributed by atoms with Gasteiger partial charge in [-0.25, -0.2) is 0 Å². The summed E-state index contributed by atoms with van der Waals surface area (Å²) in [5.74, 6) is 0. The highest BCUT2D eigenvalue weighted by molar-refractivity contribution is 5.04. The van der Waals surface area contributed by atoms with Crippen molar-refractivity contribution < 1.29 is 0 Å². The Morgan fingerprint density at radius 2 is 2.67 bits per heavy atom. The van der Waals surface area contributed by atoms with E-state index < -0.39 is 0 Å². The Hall–Kier alpha value is -0.790. The zero-order valence-corrected chi connectivity index (χ0v) is 3.10. The third-order valence-electron chi connectivity index (χ3n) is 0.498. The monoisotopic (exact) mass is 79.0 g/mol. The molecular weight excluding hydrogens is 76.1 g/mol. The van der Waals surface area contributed by atoms with Crippen LogP contribution >= 0.6 is 0 Å². The van der Waals surface area contributed by atoms with Gasteiger partial charge in [-0.05, 0) is 5.56 Å². The first-order valence-electron chi connectivity index (χ1n) is 1.60. The van der Waals surface area contributed by atoms with Gasteiger partial charge < -0.3 is 0 Å². The largest absolute Gasteiger partial charge is 0.285 e. The van der Waals surface area contributed by atoms with E-state index in [1.165, 1.54) is 12.4 Å². The lowest BCUT2D eigenvalue weighted by molar-refractivity contribution is 1.09. The Kier molecular flexibility index (Phi) is 0.638. The van der Waals surface area contributed by atoms with Crippen molar-refractivity contribution in [3.05, 3.63) is 24.9 Å². The van der Waals surface area contributed by atoms with Gasteiger partial charge >= 0.3 is 0 Å². The van der Waals surface area contributed by atoms with E-state index in [9.17, 15) is 0 Å². The molecule has 3 radical (unpaired) electrons. The highest BCUT2D eigenvalue weighted by atomic mass is 15.1. The van der Waals surface area contributed by atoms with Gasteiger partial charge in [0.15, 0.2) is 0 Å². The topological polar surface area (TPSA) is 28.7 Å². The van der Waals surface area contributed by atoms with Crippen molar-refractivity contribution in [2.24, 2.45) is 0 Å². The van der Waals surface area contributed by atoms with Crippen LogP contribution in [0.15, 0.2) is 12.4 Å². The fourth-order valence-corrected chi connectivity index (χ4v) is 0.251. The predicted molar refractivity (Wildman–Crippen MR) is 20.9 cm³/mol. The molecule has 0 bridgehead atoms. The van der Waals surface area contributed by atoms with E-state index in [1.807, 2.05) is 0 Å². The molecule has 1 N–H and O–H groups in total. The van der Waals surface area contributed by atoms with Gasteiger partial charge in [0.05, 0.1) is 6.20 Å². The van der Waals surface area contributed by atoms with Gasteiger partial charge in [0.1, 0.15) is 0 Å². The molecule has 2 heteroatoms. The molecular formula is C4H3N2. The first-order chi connectivity index (χ1) is 2.89. The van der Waals surface area contributed by atoms with Crippen LogP contribution in [-0.4, -0.2) is 10.2 Å². The predicted octanol–water partition coefficient (Wildman–Crippen LogP) is 0.346. The highest BCUT2D eigenvalue weighted by Gasteiger charge is 1.75. The second-order valence-corrected chi connectivity index (χ2v) is 0.987. The van der Waals surface area contributed by atoms with Crippen molar-refractivity contribution >= 4 is 0 Å². The molecule has 0 aliphatic rings. The van der Waals surface area contributed by atoms with Crippen LogP contribution in [0.3, 0.4) is 0 Å². The highest BCUT2D eigenvalue weighted by Crippen LogP contribution is 1.84. The third-order valence-corrected chi connectivity index (χ3v) is 0.498. The third kappa shape index (κ3) is 0.407. The molecule has 0 spiro atoms. The minimum absolute atomic E-state index is 0.426. The molecule has 1 aromatic rings. The maximum Gasteiger partial charge on any atom is 0.0525 e. The SMILES string of the molecule is [C]c1cn[nH]c1. The van der Waals surface area contributed by atoms with Crippen molar-refractivity contribution in [3.63, 3.8) is 0 Å². The molecule has 0 atom stereocenters. The van der Waals surface area contributed by atoms with Crippen molar-refractivity contribution in [1.82, 2.24) is 10.2 Å². The number of nitrogens with one attached hydrogen (secondary N) is 1. The molecule has 0 saturated heterocycles. The van der Waals surface area contributed by atoms with E-state index in [-0.39, 0.29) is 0 Å². The van der Waals surface area contributed by atoms with E-state index in [1.54, 1.807) is 0 Å². The molecule has 2 nitrogen and oxygen atoms in total. The fraction of sp³-hybridized carbons (Fsp3) is 0. The van der Waals surface area contributed by atoms with E-state index in [4.69, 9.17) is 6.92 Å². The Labute approximate surface area is 36.2 Å². The zero-order valence-electron chi connectivity index (χ0n) is 3.10. The van der Waals surface area contributed by atoms with Gasteiger partial charge in [0.25, 0.3) is 0 Å². The lowest BCUT2D eigenvalue weighted by Gasteiger charge is -1.61. The van der Waals surface area contributed by atoms with Crippen molar-refractivity contribution in [2.45, 2.75) is 0 Å². The maximum atomic E-state index is 6.78. The molecule has 0 amide bonds. The Bertz CT molecular complexity index is 109. The summed E-state index contributed by atoms with van der Waals surface area (Å²) in [5.41, 5.74) is 0.426. The number of aromatic amines is 1. The van der Waals surface area contributed by atoms with Crippen molar-refractivity contribution in [3.8, 4) is 0 Å². The summed E-state index contributed by atoms with van der Waals surface area (Å²) in [4.78, 5) is 0. The van der Waals surface area contributed by atoms with Crippen LogP contribution in [0.25, 0.3) is 0 Å². The van der Waals surface area contributed by atoms with Gasteiger partial charge in [-0.1, -0.05) is 0 Å². The second-order valence-electron chi connectivity index (χ2n) is 0.987. The van der Waals surface area contributed by atoms with Gasteiger partial charge in [-0.2, -0.15) is 5.10 Å². The molecule has 29 valence electrons. The normalized spacial score (nSPS) is 8.83. The standard InChI is InChI=1S/C4H3N2/c1-4-2-5-6-3-4/h2-3H,(H,5,6). The second kappa shape index (κ2) is 1.12. The zero-order chi connectivity index (χ0) is 4.41. The number of hydrogen-bond acceptors (Lipinski definition) is 1. The lowest BCUT2D eigenvalue weighted by Crippen LogP contribution is -1.53. The molecule has 0 fully saturated rings. The molecule has 0 saturated carbocycles. The number of aromatic nitrogens is 2. The summed E-state index contributed by atoms with van der Waals surface area (Å²) in [5, 5.41) is 6.00. The minimum atomic E-state index is 0.426. The molecule has 0 unspecified atom stereocenters. The first-order valence-corrected chi connectivity index (χ1v) is 1.60. The van der Waals surface area contributed by atoms with Crippen molar-refractivity contribution in [2.75, 3.05) is 0 Å². The van der Waals surface area contributed by atoms with Crippen molar-refractivity contribution in [1.29, 1.82) is 0 Å². The minimum Gasteiger partial charge on any atom is -0.285 e. The van der Waals surface area contributed by atoms with Crippen LogP contribution in [-0.2, 0) is 0 Å². The van der Waals surface area contributed by atoms with Crippen LogP contribution in [0.4, 0.5) is 0 Å². The summed E-state index contributed by atoms with van der Waals surface area (Å²) in [6.45, 7) is 6.78. The van der Waals surface area contributed by atoms with Crippen LogP contribution in [0, 0.1) is 6.92 Å². The van der Waals surface area contributed by atoms with E-state index in [2.05, 4.69) is 10.2 Å². The molecule has 0 aliphatic heterocycles.